The molecule has 158 valence electrons. The summed E-state index contributed by atoms with van der Waals surface area (Å²) in [5.74, 6) is -0.665. The second kappa shape index (κ2) is 7.92. The number of alkyl halides is 3. The molecule has 0 saturated carbocycles. The minimum atomic E-state index is -4.57. The molecule has 0 unspecified atom stereocenters. The Hall–Kier alpha value is -3.18. The number of halogens is 3. The summed E-state index contributed by atoms with van der Waals surface area (Å²) in [5.41, 5.74) is -0.664. The van der Waals surface area contributed by atoms with Crippen molar-refractivity contribution < 1.29 is 31.1 Å². The van der Waals surface area contributed by atoms with E-state index in [2.05, 4.69) is 15.0 Å². The summed E-state index contributed by atoms with van der Waals surface area (Å²) in [5, 5.41) is 2.59. The Bertz CT molecular complexity index is 1230. The quantitative estimate of drug-likeness (QED) is 0.635. The van der Waals surface area contributed by atoms with Gasteiger partial charge in [0.05, 0.1) is 34.3 Å². The first-order chi connectivity index (χ1) is 14.1. The topological polar surface area (TPSA) is 97.4 Å². The highest BCUT2D eigenvalue weighted by Gasteiger charge is 2.31. The van der Waals surface area contributed by atoms with Gasteiger partial charge in [-0.05, 0) is 49.5 Å². The van der Waals surface area contributed by atoms with Crippen LogP contribution >= 0.6 is 0 Å². The van der Waals surface area contributed by atoms with Crippen LogP contribution in [0.4, 0.5) is 18.9 Å². The largest absolute Gasteiger partial charge is 0.496 e. The van der Waals surface area contributed by atoms with Crippen LogP contribution in [0.5, 0.6) is 5.75 Å². The molecule has 2 N–H and O–H groups in total. The first-order valence-electron chi connectivity index (χ1n) is 8.45. The van der Waals surface area contributed by atoms with Crippen molar-refractivity contribution in [3.05, 3.63) is 59.8 Å². The van der Waals surface area contributed by atoms with Crippen LogP contribution in [-0.2, 0) is 16.2 Å². The van der Waals surface area contributed by atoms with Crippen LogP contribution in [0.25, 0.3) is 10.9 Å². The number of ether oxygens (including phenoxy) is 1. The van der Waals surface area contributed by atoms with Gasteiger partial charge in [-0.3, -0.25) is 9.78 Å². The maximum absolute atomic E-state index is 13.1. The van der Waals surface area contributed by atoms with Crippen LogP contribution in [0.3, 0.4) is 0 Å². The van der Waals surface area contributed by atoms with Gasteiger partial charge in [-0.15, -0.1) is 0 Å². The molecule has 3 rings (SSSR count). The average molecular weight is 439 g/mol. The minimum Gasteiger partial charge on any atom is -0.496 e. The maximum atomic E-state index is 13.1. The second-order valence-electron chi connectivity index (χ2n) is 6.11. The Morgan fingerprint density at radius 2 is 1.83 bits per heavy atom. The summed E-state index contributed by atoms with van der Waals surface area (Å²) in [6, 6.07) is 8.03. The van der Waals surface area contributed by atoms with Gasteiger partial charge in [0.2, 0.25) is 10.0 Å². The first kappa shape index (κ1) is 21.5. The fraction of sp³-hybridized carbons (Fsp3) is 0.158. The highest BCUT2D eigenvalue weighted by atomic mass is 32.2. The van der Waals surface area contributed by atoms with Crippen LogP contribution in [0.15, 0.2) is 53.6 Å². The SMILES string of the molecule is CNS(=O)(=O)c1ccc(OC)c(C(=O)Nc2ccnc3ccc(C(F)(F)F)cc23)c1. The lowest BCUT2D eigenvalue weighted by molar-refractivity contribution is -0.137. The number of sulfonamides is 1. The predicted molar refractivity (Wildman–Crippen MR) is 104 cm³/mol. The fourth-order valence-electron chi connectivity index (χ4n) is 2.77. The van der Waals surface area contributed by atoms with E-state index in [0.717, 1.165) is 18.2 Å². The van der Waals surface area contributed by atoms with E-state index in [1.165, 1.54) is 44.6 Å². The van der Waals surface area contributed by atoms with Gasteiger partial charge in [0.1, 0.15) is 5.75 Å². The lowest BCUT2D eigenvalue weighted by atomic mass is 10.1. The van der Waals surface area contributed by atoms with E-state index in [0.29, 0.717) is 0 Å². The number of aromatic nitrogens is 1. The zero-order valence-corrected chi connectivity index (χ0v) is 16.6. The Morgan fingerprint density at radius 3 is 2.47 bits per heavy atom. The van der Waals surface area contributed by atoms with Gasteiger partial charge in [-0.25, -0.2) is 13.1 Å². The van der Waals surface area contributed by atoms with Crippen LogP contribution in [0.2, 0.25) is 0 Å². The molecule has 0 aliphatic rings. The van der Waals surface area contributed by atoms with Gasteiger partial charge in [0.15, 0.2) is 0 Å². The highest BCUT2D eigenvalue weighted by molar-refractivity contribution is 7.89. The summed E-state index contributed by atoms with van der Waals surface area (Å²) in [6.07, 6.45) is -3.23. The second-order valence-corrected chi connectivity index (χ2v) is 8.00. The molecule has 0 fully saturated rings. The van der Waals surface area contributed by atoms with Crippen molar-refractivity contribution in [2.45, 2.75) is 11.1 Å². The molecule has 0 radical (unpaired) electrons. The van der Waals surface area contributed by atoms with Gasteiger partial charge in [0, 0.05) is 11.6 Å². The minimum absolute atomic E-state index is 0.0821. The molecule has 0 aliphatic carbocycles. The average Bonchev–Trinajstić information content (AvgIpc) is 2.72. The third-order valence-corrected chi connectivity index (χ3v) is 5.72. The number of carbonyl (C=O) groups is 1. The Balaban J connectivity index is 2.06. The lowest BCUT2D eigenvalue weighted by Gasteiger charge is -2.13. The highest BCUT2D eigenvalue weighted by Crippen LogP contribution is 2.33. The molecule has 2 aromatic carbocycles. The number of hydrogen-bond donors (Lipinski definition) is 2. The fourth-order valence-corrected chi connectivity index (χ4v) is 3.53. The summed E-state index contributed by atoms with van der Waals surface area (Å²) in [6.45, 7) is 0. The smallest absolute Gasteiger partial charge is 0.416 e. The van der Waals surface area contributed by atoms with E-state index in [4.69, 9.17) is 4.74 Å². The van der Waals surface area contributed by atoms with Gasteiger partial charge < -0.3 is 10.1 Å². The number of fused-ring (bicyclic) bond motifs is 1. The molecule has 0 saturated heterocycles. The molecule has 0 atom stereocenters. The molecule has 0 aliphatic heterocycles. The van der Waals surface area contributed by atoms with E-state index in [9.17, 15) is 26.4 Å². The van der Waals surface area contributed by atoms with Crippen molar-refractivity contribution in [1.29, 1.82) is 0 Å². The van der Waals surface area contributed by atoms with E-state index >= 15 is 0 Å². The Morgan fingerprint density at radius 1 is 1.10 bits per heavy atom. The van der Waals surface area contributed by atoms with Gasteiger partial charge in [0.25, 0.3) is 5.91 Å². The maximum Gasteiger partial charge on any atom is 0.416 e. The molecule has 30 heavy (non-hydrogen) atoms. The number of nitrogens with one attached hydrogen (secondary N) is 2. The van der Waals surface area contributed by atoms with Crippen LogP contribution in [0, 0.1) is 0 Å². The van der Waals surface area contributed by atoms with Crippen molar-refractivity contribution in [2.75, 3.05) is 19.5 Å². The standard InChI is InChI=1S/C19H16F3N3O4S/c1-23-30(27,28)12-4-6-17(29-2)14(10-12)18(26)25-16-7-8-24-15-5-3-11(9-13(15)16)19(20,21)22/h3-10,23H,1-2H3,(H,24,25,26). The molecule has 1 heterocycles. The summed E-state index contributed by atoms with van der Waals surface area (Å²) < 4.78 is 70.6. The normalized spacial score (nSPS) is 12.0. The number of anilines is 1. The summed E-state index contributed by atoms with van der Waals surface area (Å²) in [7, 11) is -1.31. The Labute approximate surface area is 169 Å². The van der Waals surface area contributed by atoms with Crippen LogP contribution in [0.1, 0.15) is 15.9 Å². The first-order valence-corrected chi connectivity index (χ1v) is 9.94. The monoisotopic (exact) mass is 439 g/mol. The number of benzene rings is 2. The number of nitrogens with zero attached hydrogens (tertiary/aromatic N) is 1. The van der Waals surface area contributed by atoms with Gasteiger partial charge in [-0.1, -0.05) is 0 Å². The van der Waals surface area contributed by atoms with Crippen molar-refractivity contribution in [3.63, 3.8) is 0 Å². The molecular formula is C19H16F3N3O4S. The summed E-state index contributed by atoms with van der Waals surface area (Å²) >= 11 is 0. The molecule has 0 spiro atoms. The predicted octanol–water partition coefficient (Wildman–Crippen LogP) is 3.42. The molecule has 1 aromatic heterocycles. The zero-order chi connectivity index (χ0) is 22.1. The third-order valence-electron chi connectivity index (χ3n) is 4.31. The van der Waals surface area contributed by atoms with E-state index in [1.54, 1.807) is 0 Å². The number of pyridine rings is 1. The third kappa shape index (κ3) is 4.21. The van der Waals surface area contributed by atoms with Crippen molar-refractivity contribution in [1.82, 2.24) is 9.71 Å². The number of amides is 1. The molecule has 0 bridgehead atoms. The van der Waals surface area contributed by atoms with E-state index in [-0.39, 0.29) is 32.8 Å². The number of methoxy groups -OCH3 is 1. The summed E-state index contributed by atoms with van der Waals surface area (Å²) in [4.78, 5) is 16.7. The molecular weight excluding hydrogens is 423 g/mol. The molecule has 1 amide bonds. The van der Waals surface area contributed by atoms with Crippen molar-refractivity contribution in [3.8, 4) is 5.75 Å². The van der Waals surface area contributed by atoms with Crippen molar-refractivity contribution >= 4 is 32.5 Å². The van der Waals surface area contributed by atoms with E-state index in [1.807, 2.05) is 0 Å². The molecule has 3 aromatic rings. The molecule has 7 nitrogen and oxygen atoms in total. The van der Waals surface area contributed by atoms with Gasteiger partial charge in [-0.2, -0.15) is 13.2 Å². The molecule has 11 heteroatoms. The van der Waals surface area contributed by atoms with Crippen molar-refractivity contribution in [2.24, 2.45) is 0 Å². The Kier molecular flexibility index (Phi) is 5.68. The van der Waals surface area contributed by atoms with Gasteiger partial charge >= 0.3 is 6.18 Å². The zero-order valence-electron chi connectivity index (χ0n) is 15.7. The lowest BCUT2D eigenvalue weighted by Crippen LogP contribution is -2.20. The number of rotatable bonds is 5. The van der Waals surface area contributed by atoms with E-state index < -0.39 is 27.7 Å². The van der Waals surface area contributed by atoms with Crippen LogP contribution < -0.4 is 14.8 Å². The number of carbonyl (C=O) groups excluding carboxylic acids is 1. The number of hydrogen-bond acceptors (Lipinski definition) is 5. The van der Waals surface area contributed by atoms with Crippen LogP contribution in [-0.4, -0.2) is 33.5 Å².